The summed E-state index contributed by atoms with van der Waals surface area (Å²) in [4.78, 5) is 14.9. The minimum Gasteiger partial charge on any atom is -0.258 e. The van der Waals surface area contributed by atoms with Gasteiger partial charge in [0, 0.05) is 11.5 Å². The Morgan fingerprint density at radius 1 is 1.05 bits per heavy atom. The van der Waals surface area contributed by atoms with E-state index in [1.54, 1.807) is 48.6 Å². The largest absolute Gasteiger partial charge is 0.295 e. The van der Waals surface area contributed by atoms with Crippen molar-refractivity contribution in [3.63, 3.8) is 0 Å². The molecule has 0 saturated carbocycles. The van der Waals surface area contributed by atoms with E-state index in [0.29, 0.717) is 22.2 Å². The topological polar surface area (TPSA) is 56.0 Å². The van der Waals surface area contributed by atoms with Crippen LogP contribution in [0.5, 0.6) is 0 Å². The fourth-order valence-corrected chi connectivity index (χ4v) is 2.18. The number of rotatable bonds is 3. The summed E-state index contributed by atoms with van der Waals surface area (Å²) < 4.78 is 13.1. The molecule has 0 unspecified atom stereocenters. The summed E-state index contributed by atoms with van der Waals surface area (Å²) in [5.74, 6) is -0.316. The third-order valence-electron chi connectivity index (χ3n) is 3.21. The molecule has 0 N–H and O–H groups in total. The number of para-hydroxylation sites is 1. The van der Waals surface area contributed by atoms with Gasteiger partial charge in [-0.1, -0.05) is 36.4 Å². The minimum absolute atomic E-state index is 0.0292. The quantitative estimate of drug-likeness (QED) is 0.529. The van der Waals surface area contributed by atoms with Gasteiger partial charge in [-0.25, -0.2) is 9.37 Å². The summed E-state index contributed by atoms with van der Waals surface area (Å²) in [7, 11) is 0. The molecule has 0 aliphatic heterocycles. The molecule has 0 aliphatic rings. The fourth-order valence-electron chi connectivity index (χ4n) is 2.18. The molecule has 0 saturated heterocycles. The highest BCUT2D eigenvalue weighted by molar-refractivity contribution is 5.88. The number of halogens is 1. The summed E-state index contributed by atoms with van der Waals surface area (Å²) in [6.45, 7) is 0. The van der Waals surface area contributed by atoms with Crippen molar-refractivity contribution in [2.45, 2.75) is 0 Å². The van der Waals surface area contributed by atoms with Crippen LogP contribution in [0.1, 0.15) is 11.3 Å². The van der Waals surface area contributed by atoms with Crippen LogP contribution in [0, 0.1) is 15.9 Å². The second-order valence-corrected chi connectivity index (χ2v) is 4.73. The van der Waals surface area contributed by atoms with Crippen LogP contribution >= 0.6 is 0 Å². The first kappa shape index (κ1) is 13.9. The molecule has 22 heavy (non-hydrogen) atoms. The first-order valence-electron chi connectivity index (χ1n) is 6.61. The number of fused-ring (bicyclic) bond motifs is 1. The monoisotopic (exact) mass is 294 g/mol. The number of pyridine rings is 1. The number of nitro benzene ring substituents is 1. The number of aromatic nitrogens is 1. The van der Waals surface area contributed by atoms with Crippen LogP contribution in [-0.4, -0.2) is 9.91 Å². The first-order chi connectivity index (χ1) is 10.6. The zero-order chi connectivity index (χ0) is 15.5. The second kappa shape index (κ2) is 5.73. The van der Waals surface area contributed by atoms with Crippen LogP contribution in [0.3, 0.4) is 0 Å². The van der Waals surface area contributed by atoms with Crippen LogP contribution in [0.4, 0.5) is 10.1 Å². The van der Waals surface area contributed by atoms with Gasteiger partial charge in [0.1, 0.15) is 11.3 Å². The highest BCUT2D eigenvalue weighted by atomic mass is 19.1. The van der Waals surface area contributed by atoms with Crippen molar-refractivity contribution in [1.82, 2.24) is 4.98 Å². The molecule has 5 heteroatoms. The Morgan fingerprint density at radius 3 is 2.64 bits per heavy atom. The molecule has 1 aromatic heterocycles. The molecule has 2 aromatic carbocycles. The maximum absolute atomic E-state index is 13.1. The van der Waals surface area contributed by atoms with Crippen LogP contribution < -0.4 is 0 Å². The van der Waals surface area contributed by atoms with Crippen molar-refractivity contribution in [1.29, 1.82) is 0 Å². The van der Waals surface area contributed by atoms with Crippen molar-refractivity contribution in [3.05, 3.63) is 81.8 Å². The Hall–Kier alpha value is -3.08. The summed E-state index contributed by atoms with van der Waals surface area (Å²) in [6.07, 6.45) is 3.41. The lowest BCUT2D eigenvalue weighted by atomic mass is 10.1. The Balaban J connectivity index is 2.01. The lowest BCUT2D eigenvalue weighted by molar-refractivity contribution is -0.383. The molecule has 0 bridgehead atoms. The van der Waals surface area contributed by atoms with Gasteiger partial charge in [-0.15, -0.1) is 0 Å². The summed E-state index contributed by atoms with van der Waals surface area (Å²) >= 11 is 0. The van der Waals surface area contributed by atoms with Crippen LogP contribution in [0.2, 0.25) is 0 Å². The molecule has 3 aromatic rings. The van der Waals surface area contributed by atoms with E-state index >= 15 is 0 Å². The molecule has 0 atom stereocenters. The third kappa shape index (κ3) is 2.83. The van der Waals surface area contributed by atoms with Crippen molar-refractivity contribution in [2.24, 2.45) is 0 Å². The predicted octanol–water partition coefficient (Wildman–Crippen LogP) is 4.45. The smallest absolute Gasteiger partial charge is 0.258 e. The van der Waals surface area contributed by atoms with Crippen molar-refractivity contribution < 1.29 is 9.31 Å². The lowest BCUT2D eigenvalue weighted by Gasteiger charge is -2.00. The number of benzene rings is 2. The zero-order valence-electron chi connectivity index (χ0n) is 11.4. The molecule has 0 fully saturated rings. The zero-order valence-corrected chi connectivity index (χ0v) is 11.4. The molecule has 0 spiro atoms. The summed E-state index contributed by atoms with van der Waals surface area (Å²) in [6, 6.07) is 14.5. The normalized spacial score (nSPS) is 11.1. The van der Waals surface area contributed by atoms with E-state index in [9.17, 15) is 14.5 Å². The standard InChI is InChI=1S/C17H11FN2O2/c18-14-5-1-3-12(11-14)7-9-15-10-8-13-4-2-6-16(20(21)22)17(13)19-15/h1-11H/b9-7+. The maximum Gasteiger partial charge on any atom is 0.295 e. The second-order valence-electron chi connectivity index (χ2n) is 4.73. The Morgan fingerprint density at radius 2 is 1.86 bits per heavy atom. The van der Waals surface area contributed by atoms with Gasteiger partial charge >= 0.3 is 0 Å². The van der Waals surface area contributed by atoms with E-state index in [-0.39, 0.29) is 11.5 Å². The van der Waals surface area contributed by atoms with E-state index in [4.69, 9.17) is 0 Å². The van der Waals surface area contributed by atoms with E-state index in [2.05, 4.69) is 4.98 Å². The van der Waals surface area contributed by atoms with E-state index in [0.717, 1.165) is 0 Å². The molecular formula is C17H11FN2O2. The van der Waals surface area contributed by atoms with E-state index in [1.807, 2.05) is 0 Å². The molecule has 1 heterocycles. The van der Waals surface area contributed by atoms with Gasteiger partial charge in [0.2, 0.25) is 0 Å². The van der Waals surface area contributed by atoms with Gasteiger partial charge < -0.3 is 0 Å². The van der Waals surface area contributed by atoms with Gasteiger partial charge in [0.05, 0.1) is 10.6 Å². The highest BCUT2D eigenvalue weighted by Crippen LogP contribution is 2.24. The van der Waals surface area contributed by atoms with Gasteiger partial charge in [0.25, 0.3) is 5.69 Å². The molecule has 3 rings (SSSR count). The van der Waals surface area contributed by atoms with Crippen molar-refractivity contribution in [2.75, 3.05) is 0 Å². The predicted molar refractivity (Wildman–Crippen MR) is 83.7 cm³/mol. The van der Waals surface area contributed by atoms with Gasteiger partial charge in [-0.2, -0.15) is 0 Å². The van der Waals surface area contributed by atoms with Crippen LogP contribution in [0.15, 0.2) is 54.6 Å². The SMILES string of the molecule is O=[N+]([O-])c1cccc2ccc(/C=C/c3cccc(F)c3)nc12. The van der Waals surface area contributed by atoms with E-state index < -0.39 is 4.92 Å². The molecule has 4 nitrogen and oxygen atoms in total. The van der Waals surface area contributed by atoms with Crippen LogP contribution in [0.25, 0.3) is 23.1 Å². The molecular weight excluding hydrogens is 283 g/mol. The summed E-state index contributed by atoms with van der Waals surface area (Å²) in [5, 5.41) is 11.8. The number of nitro groups is 1. The van der Waals surface area contributed by atoms with Crippen molar-refractivity contribution in [3.8, 4) is 0 Å². The first-order valence-corrected chi connectivity index (χ1v) is 6.61. The lowest BCUT2D eigenvalue weighted by Crippen LogP contribution is -1.92. The van der Waals surface area contributed by atoms with Gasteiger partial charge in [-0.3, -0.25) is 10.1 Å². The third-order valence-corrected chi connectivity index (χ3v) is 3.21. The molecule has 108 valence electrons. The Bertz CT molecular complexity index is 891. The number of nitrogens with zero attached hydrogens (tertiary/aromatic N) is 2. The minimum atomic E-state index is -0.449. The Kier molecular flexibility index (Phi) is 3.62. The highest BCUT2D eigenvalue weighted by Gasteiger charge is 2.12. The average molecular weight is 294 g/mol. The van der Waals surface area contributed by atoms with Gasteiger partial charge in [0.15, 0.2) is 0 Å². The van der Waals surface area contributed by atoms with Gasteiger partial charge in [-0.05, 0) is 29.8 Å². The van der Waals surface area contributed by atoms with Crippen LogP contribution in [-0.2, 0) is 0 Å². The van der Waals surface area contributed by atoms with Crippen molar-refractivity contribution >= 4 is 28.7 Å². The van der Waals surface area contributed by atoms with E-state index in [1.165, 1.54) is 18.2 Å². The number of hydrogen-bond donors (Lipinski definition) is 0. The molecule has 0 aliphatic carbocycles. The molecule has 0 radical (unpaired) electrons. The maximum atomic E-state index is 13.1. The average Bonchev–Trinajstić information content (AvgIpc) is 2.52. The number of hydrogen-bond acceptors (Lipinski definition) is 3. The molecule has 0 amide bonds. The number of non-ortho nitro benzene ring substituents is 1. The fraction of sp³-hybridized carbons (Fsp3) is 0. The Labute approximate surface area is 125 Å². The summed E-state index contributed by atoms with van der Waals surface area (Å²) in [5.41, 5.74) is 1.59.